The zero-order valence-corrected chi connectivity index (χ0v) is 11.0. The number of carbonyl (C=O) groups is 1. The van der Waals surface area contributed by atoms with E-state index in [9.17, 15) is 4.79 Å². The Bertz CT molecular complexity index is 390. The number of rotatable bonds is 8. The predicted octanol–water partition coefficient (Wildman–Crippen LogP) is 0.713. The number of hydrogen-bond acceptors (Lipinski definition) is 4. The highest BCUT2D eigenvalue weighted by atomic mass is 16.4. The molecular weight excluding hydrogens is 234 g/mol. The van der Waals surface area contributed by atoms with Crippen molar-refractivity contribution in [3.05, 3.63) is 17.5 Å². The number of hydrogen-bond donors (Lipinski definition) is 2. The summed E-state index contributed by atoms with van der Waals surface area (Å²) in [5, 5.41) is 22.0. The fraction of sp³-hybridized carbons (Fsp3) is 0.667. The van der Waals surface area contributed by atoms with Crippen molar-refractivity contribution >= 4 is 5.97 Å². The van der Waals surface area contributed by atoms with Crippen LogP contribution in [0.5, 0.6) is 0 Å². The maximum Gasteiger partial charge on any atom is 0.356 e. The van der Waals surface area contributed by atoms with E-state index in [0.717, 1.165) is 19.4 Å². The third-order valence-corrected chi connectivity index (χ3v) is 2.75. The van der Waals surface area contributed by atoms with Gasteiger partial charge in [0.05, 0.1) is 6.61 Å². The number of aromatic carboxylic acids is 1. The third kappa shape index (κ3) is 4.12. The zero-order valence-electron chi connectivity index (χ0n) is 11.0. The molecule has 0 unspecified atom stereocenters. The molecule has 1 rings (SSSR count). The van der Waals surface area contributed by atoms with Gasteiger partial charge in [-0.3, -0.25) is 9.58 Å². The van der Waals surface area contributed by atoms with Crippen molar-refractivity contribution in [2.45, 2.75) is 26.3 Å². The van der Waals surface area contributed by atoms with Crippen LogP contribution in [0.2, 0.25) is 0 Å². The van der Waals surface area contributed by atoms with Gasteiger partial charge in [-0.2, -0.15) is 5.10 Å². The second-order valence-electron chi connectivity index (χ2n) is 4.34. The van der Waals surface area contributed by atoms with Crippen LogP contribution in [0.3, 0.4) is 0 Å². The van der Waals surface area contributed by atoms with E-state index in [2.05, 4.69) is 12.0 Å². The molecule has 0 amide bonds. The number of aromatic nitrogens is 2. The Morgan fingerprint density at radius 2 is 2.22 bits per heavy atom. The van der Waals surface area contributed by atoms with Crippen LogP contribution in [0.4, 0.5) is 0 Å². The van der Waals surface area contributed by atoms with Gasteiger partial charge in [-0.1, -0.05) is 13.3 Å². The molecule has 1 aromatic rings. The third-order valence-electron chi connectivity index (χ3n) is 2.75. The molecule has 0 atom stereocenters. The summed E-state index contributed by atoms with van der Waals surface area (Å²) in [6, 6.07) is 0. The molecule has 0 fully saturated rings. The first-order valence-corrected chi connectivity index (χ1v) is 6.17. The fourth-order valence-corrected chi connectivity index (χ4v) is 1.87. The number of aryl methyl sites for hydroxylation is 1. The number of carboxylic acid groups (broad SMARTS) is 1. The molecule has 0 aliphatic carbocycles. The number of aliphatic hydroxyl groups is 1. The normalized spacial score (nSPS) is 11.1. The summed E-state index contributed by atoms with van der Waals surface area (Å²) in [4.78, 5) is 13.1. The molecule has 6 nitrogen and oxygen atoms in total. The lowest BCUT2D eigenvalue weighted by molar-refractivity contribution is 0.0687. The van der Waals surface area contributed by atoms with Gasteiger partial charge in [0, 0.05) is 31.9 Å². The van der Waals surface area contributed by atoms with E-state index in [1.54, 1.807) is 13.2 Å². The lowest BCUT2D eigenvalue weighted by atomic mass is 10.2. The average molecular weight is 255 g/mol. The minimum atomic E-state index is -1.01. The Morgan fingerprint density at radius 3 is 2.78 bits per heavy atom. The predicted molar refractivity (Wildman–Crippen MR) is 67.4 cm³/mol. The Labute approximate surface area is 107 Å². The largest absolute Gasteiger partial charge is 0.476 e. The highest BCUT2D eigenvalue weighted by Gasteiger charge is 2.17. The molecule has 18 heavy (non-hydrogen) atoms. The van der Waals surface area contributed by atoms with Crippen molar-refractivity contribution in [2.24, 2.45) is 7.05 Å². The molecule has 0 saturated carbocycles. The Balaban J connectivity index is 2.75. The number of aliphatic hydroxyl groups excluding tert-OH is 1. The smallest absolute Gasteiger partial charge is 0.356 e. The first-order valence-electron chi connectivity index (χ1n) is 6.17. The molecule has 6 heteroatoms. The van der Waals surface area contributed by atoms with Gasteiger partial charge in [0.25, 0.3) is 0 Å². The number of unbranched alkanes of at least 4 members (excludes halogenated alkanes) is 1. The second-order valence-corrected chi connectivity index (χ2v) is 4.34. The monoisotopic (exact) mass is 255 g/mol. The molecule has 1 aromatic heterocycles. The van der Waals surface area contributed by atoms with E-state index in [-0.39, 0.29) is 12.3 Å². The van der Waals surface area contributed by atoms with Crippen molar-refractivity contribution in [3.63, 3.8) is 0 Å². The Morgan fingerprint density at radius 1 is 1.50 bits per heavy atom. The summed E-state index contributed by atoms with van der Waals surface area (Å²) in [5.74, 6) is -1.01. The summed E-state index contributed by atoms with van der Waals surface area (Å²) >= 11 is 0. The molecule has 0 aliphatic rings. The molecular formula is C12H21N3O3. The molecule has 0 spiro atoms. The maximum atomic E-state index is 11.0. The van der Waals surface area contributed by atoms with Gasteiger partial charge in [-0.25, -0.2) is 4.79 Å². The van der Waals surface area contributed by atoms with E-state index in [1.807, 2.05) is 4.90 Å². The molecule has 0 saturated heterocycles. The van der Waals surface area contributed by atoms with Gasteiger partial charge in [0.2, 0.25) is 0 Å². The van der Waals surface area contributed by atoms with Crippen LogP contribution >= 0.6 is 0 Å². The lowest BCUT2D eigenvalue weighted by Gasteiger charge is -2.20. The Hall–Kier alpha value is -1.40. The van der Waals surface area contributed by atoms with Crippen molar-refractivity contribution in [3.8, 4) is 0 Å². The SMILES string of the molecule is CCCCN(CCO)Cc1cn(C)nc1C(=O)O. The van der Waals surface area contributed by atoms with Crippen LogP contribution in [0.25, 0.3) is 0 Å². The lowest BCUT2D eigenvalue weighted by Crippen LogP contribution is -2.28. The standard InChI is InChI=1S/C12H21N3O3/c1-3-4-5-15(6-7-16)9-10-8-14(2)13-11(10)12(17)18/h8,16H,3-7,9H2,1-2H3,(H,17,18). The summed E-state index contributed by atoms with van der Waals surface area (Å²) in [5.41, 5.74) is 0.784. The van der Waals surface area contributed by atoms with Gasteiger partial charge >= 0.3 is 5.97 Å². The van der Waals surface area contributed by atoms with E-state index >= 15 is 0 Å². The minimum absolute atomic E-state index is 0.0758. The van der Waals surface area contributed by atoms with E-state index in [1.165, 1.54) is 4.68 Å². The van der Waals surface area contributed by atoms with Crippen molar-refractivity contribution in [1.82, 2.24) is 14.7 Å². The number of carboxylic acids is 1. The summed E-state index contributed by atoms with van der Waals surface area (Å²) in [7, 11) is 1.71. The van der Waals surface area contributed by atoms with Crippen LogP contribution in [-0.4, -0.2) is 50.6 Å². The van der Waals surface area contributed by atoms with Crippen LogP contribution in [0, 0.1) is 0 Å². The molecule has 0 aromatic carbocycles. The van der Waals surface area contributed by atoms with Crippen LogP contribution in [-0.2, 0) is 13.6 Å². The Kier molecular flexibility index (Phi) is 5.80. The van der Waals surface area contributed by atoms with Gasteiger partial charge in [0.1, 0.15) is 0 Å². The average Bonchev–Trinajstić information content (AvgIpc) is 2.67. The highest BCUT2D eigenvalue weighted by Crippen LogP contribution is 2.10. The van der Waals surface area contributed by atoms with Crippen LogP contribution < -0.4 is 0 Å². The van der Waals surface area contributed by atoms with Gasteiger partial charge in [-0.15, -0.1) is 0 Å². The molecule has 0 bridgehead atoms. The van der Waals surface area contributed by atoms with E-state index < -0.39 is 5.97 Å². The summed E-state index contributed by atoms with van der Waals surface area (Å²) < 4.78 is 1.51. The second kappa shape index (κ2) is 7.13. The molecule has 0 radical (unpaired) electrons. The fourth-order valence-electron chi connectivity index (χ4n) is 1.87. The summed E-state index contributed by atoms with van der Waals surface area (Å²) in [6.07, 6.45) is 3.82. The number of nitrogens with zero attached hydrogens (tertiary/aromatic N) is 3. The van der Waals surface area contributed by atoms with Gasteiger partial charge in [0.15, 0.2) is 5.69 Å². The first kappa shape index (κ1) is 14.7. The maximum absolute atomic E-state index is 11.0. The first-order chi connectivity index (χ1) is 8.58. The van der Waals surface area contributed by atoms with Crippen LogP contribution in [0.1, 0.15) is 35.8 Å². The topological polar surface area (TPSA) is 78.6 Å². The quantitative estimate of drug-likeness (QED) is 0.715. The molecule has 1 heterocycles. The zero-order chi connectivity index (χ0) is 13.5. The van der Waals surface area contributed by atoms with Crippen LogP contribution in [0.15, 0.2) is 6.20 Å². The molecule has 102 valence electrons. The van der Waals surface area contributed by atoms with Crippen molar-refractivity contribution in [2.75, 3.05) is 19.7 Å². The summed E-state index contributed by atoms with van der Waals surface area (Å²) in [6.45, 7) is 4.09. The highest BCUT2D eigenvalue weighted by molar-refractivity contribution is 5.86. The van der Waals surface area contributed by atoms with Crippen molar-refractivity contribution < 1.29 is 15.0 Å². The van der Waals surface area contributed by atoms with E-state index in [0.29, 0.717) is 18.7 Å². The van der Waals surface area contributed by atoms with Gasteiger partial charge < -0.3 is 10.2 Å². The van der Waals surface area contributed by atoms with Crippen molar-refractivity contribution in [1.29, 1.82) is 0 Å². The van der Waals surface area contributed by atoms with E-state index in [4.69, 9.17) is 10.2 Å². The molecule has 2 N–H and O–H groups in total. The van der Waals surface area contributed by atoms with Gasteiger partial charge in [-0.05, 0) is 13.0 Å². The minimum Gasteiger partial charge on any atom is -0.476 e. The molecule has 0 aliphatic heterocycles.